The zero-order valence-corrected chi connectivity index (χ0v) is 45.2. The van der Waals surface area contributed by atoms with Crippen LogP contribution in [0.3, 0.4) is 0 Å². The van der Waals surface area contributed by atoms with Gasteiger partial charge in [0, 0.05) is 40.0 Å². The van der Waals surface area contributed by atoms with Crippen molar-refractivity contribution in [3.63, 3.8) is 0 Å². The summed E-state index contributed by atoms with van der Waals surface area (Å²) in [6, 6.07) is 34.3. The summed E-state index contributed by atoms with van der Waals surface area (Å²) >= 11 is 0. The van der Waals surface area contributed by atoms with Crippen LogP contribution in [0.25, 0.3) is 32.3 Å². The average molecular weight is 1050 g/mol. The van der Waals surface area contributed by atoms with Crippen LogP contribution in [0.4, 0.5) is 0 Å². The van der Waals surface area contributed by atoms with Crippen LogP contribution in [0.1, 0.15) is 119 Å². The number of aldehydes is 1. The maximum absolute atomic E-state index is 13.0. The van der Waals surface area contributed by atoms with Gasteiger partial charge in [-0.05, 0) is 185 Å². The van der Waals surface area contributed by atoms with E-state index in [0.717, 1.165) is 108 Å². The van der Waals surface area contributed by atoms with Gasteiger partial charge < -0.3 is 59.6 Å². The number of carbonyl (C=O) groups excluding carboxylic acids is 4. The molecule has 6 aromatic carbocycles. The third kappa shape index (κ3) is 16.6. The van der Waals surface area contributed by atoms with Gasteiger partial charge >= 0.3 is 44.2 Å². The van der Waals surface area contributed by atoms with Crippen LogP contribution in [0, 0.1) is 25.2 Å². The summed E-state index contributed by atoms with van der Waals surface area (Å²) in [5.74, 6) is -0.0468. The molecular weight excluding hydrogens is 975 g/mol. The molecule has 3 saturated heterocycles. The molecule has 4 atom stereocenters. The van der Waals surface area contributed by atoms with Crippen LogP contribution in [0.15, 0.2) is 109 Å². The van der Waals surface area contributed by atoms with Gasteiger partial charge in [0.05, 0.1) is 12.7 Å². The smallest absolute Gasteiger partial charge is 1.00 e. The van der Waals surface area contributed by atoms with Crippen molar-refractivity contribution in [3.05, 3.63) is 150 Å². The molecule has 0 radical (unpaired) electrons. The fraction of sp³-hybridized carbons (Fsp3) is 0.397. The minimum Gasteiger partial charge on any atom is -1.00 e. The Kier molecular flexibility index (Phi) is 27.8. The monoisotopic (exact) mass is 1050 g/mol. The number of ketones is 3. The number of rotatable bonds is 12. The van der Waals surface area contributed by atoms with Crippen molar-refractivity contribution in [2.75, 3.05) is 39.3 Å². The zero-order chi connectivity index (χ0) is 50.1. The summed E-state index contributed by atoms with van der Waals surface area (Å²) in [6.45, 7) is 11.1. The zero-order valence-electron chi connectivity index (χ0n) is 43.0. The van der Waals surface area contributed by atoms with Gasteiger partial charge in [0.2, 0.25) is 0 Å². The van der Waals surface area contributed by atoms with Crippen molar-refractivity contribution >= 4 is 100 Å². The van der Waals surface area contributed by atoms with E-state index in [-0.39, 0.29) is 99.5 Å². The molecule has 9 rings (SSSR count). The Morgan fingerprint density at radius 1 is 0.587 bits per heavy atom. The van der Waals surface area contributed by atoms with E-state index in [1.54, 1.807) is 33.5 Å². The van der Waals surface area contributed by atoms with Gasteiger partial charge in [-0.1, -0.05) is 87.6 Å². The normalized spacial score (nSPS) is 18.0. The van der Waals surface area contributed by atoms with Crippen LogP contribution in [0.2, 0.25) is 20.5 Å². The van der Waals surface area contributed by atoms with Crippen LogP contribution < -0.4 is 12.4 Å². The van der Waals surface area contributed by atoms with Gasteiger partial charge in [-0.3, -0.25) is 19.2 Å². The quantitative estimate of drug-likeness (QED) is 0.0404. The van der Waals surface area contributed by atoms with Gasteiger partial charge in [-0.15, -0.1) is 0 Å². The first kappa shape index (κ1) is 66.8. The molecule has 0 saturated carbocycles. The first-order chi connectivity index (χ1) is 33.7. The Morgan fingerprint density at radius 3 is 1.32 bits per heavy atom. The van der Waals surface area contributed by atoms with Gasteiger partial charge in [0.25, 0.3) is 0 Å². The number of halogens is 1. The number of hydrogen-bond donors (Lipinski definition) is 5. The molecule has 5 N–H and O–H groups in total. The van der Waals surface area contributed by atoms with Crippen molar-refractivity contribution in [1.29, 1.82) is 0 Å². The average Bonchev–Trinajstić information content (AvgIpc) is 3.39. The summed E-state index contributed by atoms with van der Waals surface area (Å²) in [6.07, 6.45) is 5.44. The molecule has 12 nitrogen and oxygen atoms in total. The molecule has 17 heteroatoms. The molecule has 75 heavy (non-hydrogen) atoms. The SMILES string of the molecule is C.C.CB(O)N1CCCC(C(=O)c2cc(C(C)O)c3ccccc3c2)C1.CB(O)N1CCCC(C(=O)c2cc(C=O)c3ccccc3c2)C1.CB(O)N1CCCC(C(=O)c2cc(CO)c3ccccc3c2)C1.[CH3-].[Cl-].[Mg+2]. The van der Waals surface area contributed by atoms with E-state index in [9.17, 15) is 44.5 Å². The second-order valence-corrected chi connectivity index (χ2v) is 19.4. The molecule has 3 aliphatic heterocycles. The molecule has 0 aliphatic carbocycles. The predicted molar refractivity (Wildman–Crippen MR) is 307 cm³/mol. The van der Waals surface area contributed by atoms with Crippen molar-refractivity contribution in [1.82, 2.24) is 14.4 Å². The largest absolute Gasteiger partial charge is 2.00 e. The van der Waals surface area contributed by atoms with E-state index < -0.39 is 27.3 Å². The molecule has 396 valence electrons. The number of aliphatic hydroxyl groups excluding tert-OH is 2. The molecule has 3 fully saturated rings. The maximum Gasteiger partial charge on any atom is 2.00 e. The Morgan fingerprint density at radius 2 is 0.933 bits per heavy atom. The van der Waals surface area contributed by atoms with E-state index >= 15 is 0 Å². The Bertz CT molecular complexity index is 2820. The molecule has 0 amide bonds. The Balaban J connectivity index is 0.000000373. The summed E-state index contributed by atoms with van der Waals surface area (Å²) < 4.78 is 0. The molecule has 6 aromatic rings. The van der Waals surface area contributed by atoms with Crippen molar-refractivity contribution in [2.24, 2.45) is 17.8 Å². The van der Waals surface area contributed by atoms with E-state index in [0.29, 0.717) is 41.9 Å². The first-order valence-corrected chi connectivity index (χ1v) is 24.9. The van der Waals surface area contributed by atoms with Crippen LogP contribution >= 0.6 is 0 Å². The molecule has 0 spiro atoms. The van der Waals surface area contributed by atoms with Crippen molar-refractivity contribution < 1.29 is 56.9 Å². The topological polar surface area (TPSA) is 179 Å². The fourth-order valence-electron chi connectivity index (χ4n) is 10.5. The molecule has 3 heterocycles. The summed E-state index contributed by atoms with van der Waals surface area (Å²) in [4.78, 5) is 55.9. The standard InChI is InChI=1S/C19H24BNO3.C18H22BNO3.C18H20BNO3.2CH4.CH3.ClH.Mg/c1-13(22)18-11-16(10-14-6-3-4-8-17(14)18)19(23)15-7-5-9-21(12-15)20(2)24;2*1-19(23)20-8-4-6-14(11-20)18(22)15-9-13-5-2-3-7-17(13)16(10-15)12-21;;;;;/h3-4,6,8,10-11,13,15,22,24H,5,7,9,12H2,1-2H3;2-3,5,7,9-10,14,21,23H,4,6,8,11-12H2,1H3;2-3,5,7,9-10,12,14,23H,4,6,8,11H2,1H3;2*1H4;1H3;1H;/q;;;;;-1;;+2/p-1. The van der Waals surface area contributed by atoms with Crippen LogP contribution in [-0.2, 0) is 6.61 Å². The second-order valence-electron chi connectivity index (χ2n) is 19.4. The number of piperidine rings is 3. The first-order valence-electron chi connectivity index (χ1n) is 24.9. The van der Waals surface area contributed by atoms with Gasteiger partial charge in [0.1, 0.15) is 0 Å². The summed E-state index contributed by atoms with van der Waals surface area (Å²) in [7, 11) is -1.58. The molecule has 3 aliphatic rings. The van der Waals surface area contributed by atoms with Gasteiger partial charge in [0.15, 0.2) is 23.6 Å². The maximum atomic E-state index is 13.0. The van der Waals surface area contributed by atoms with Crippen LogP contribution in [-0.4, -0.2) is 147 Å². The molecule has 0 bridgehead atoms. The molecule has 0 aromatic heterocycles. The minimum atomic E-state index is -0.622. The molecular formula is C58H77B3ClMgN3O9. The fourth-order valence-corrected chi connectivity index (χ4v) is 10.5. The van der Waals surface area contributed by atoms with Crippen LogP contribution in [0.5, 0.6) is 0 Å². The summed E-state index contributed by atoms with van der Waals surface area (Å²) in [5, 5.41) is 54.7. The number of Topliss-reactive ketones (excluding diaryl/α,β-unsaturated/α-hetero) is 3. The van der Waals surface area contributed by atoms with Gasteiger partial charge in [-0.25, -0.2) is 0 Å². The number of fused-ring (bicyclic) bond motifs is 3. The third-order valence-corrected chi connectivity index (χ3v) is 14.4. The predicted octanol–water partition coefficient (Wildman–Crippen LogP) is 6.24. The number of carbonyl (C=O) groups is 4. The van der Waals surface area contributed by atoms with Gasteiger partial charge in [-0.2, -0.15) is 0 Å². The number of benzene rings is 6. The minimum absolute atomic E-state index is 0. The van der Waals surface area contributed by atoms with Crippen molar-refractivity contribution in [3.8, 4) is 0 Å². The second kappa shape index (κ2) is 31.2. The van der Waals surface area contributed by atoms with E-state index in [4.69, 9.17) is 0 Å². The number of aliphatic hydroxyl groups is 2. The summed E-state index contributed by atoms with van der Waals surface area (Å²) in [5.41, 5.74) is 4.03. The van der Waals surface area contributed by atoms with Crippen molar-refractivity contribution in [2.45, 2.75) is 93.5 Å². The Labute approximate surface area is 469 Å². The number of nitrogens with zero attached hydrogens (tertiary/aromatic N) is 3. The molecule has 4 unspecified atom stereocenters. The number of hydrogen-bond acceptors (Lipinski definition) is 12. The van der Waals surface area contributed by atoms with E-state index in [2.05, 4.69) is 0 Å². The van der Waals surface area contributed by atoms with E-state index in [1.165, 1.54) is 0 Å². The Hall–Kier alpha value is -4.29. The van der Waals surface area contributed by atoms with E-state index in [1.807, 2.05) is 118 Å². The third-order valence-electron chi connectivity index (χ3n) is 14.4.